The molecule has 0 spiro atoms. The molecule has 0 bridgehead atoms. The van der Waals surface area contributed by atoms with Crippen LogP contribution < -0.4 is 9.47 Å². The van der Waals surface area contributed by atoms with Crippen LogP contribution in [0.3, 0.4) is 0 Å². The molecule has 1 aromatic carbocycles. The number of hydrogen-bond acceptors (Lipinski definition) is 6. The van der Waals surface area contributed by atoms with E-state index < -0.39 is 0 Å². The lowest BCUT2D eigenvalue weighted by Crippen LogP contribution is -2.41. The van der Waals surface area contributed by atoms with E-state index in [4.69, 9.17) is 14.2 Å². The minimum Gasteiger partial charge on any atom is -0.497 e. The first kappa shape index (κ1) is 19.2. The number of amides is 1. The average molecular weight is 375 g/mol. The van der Waals surface area contributed by atoms with Gasteiger partial charge in [0.05, 0.1) is 25.7 Å². The number of likely N-dealkylation sites (tertiary alicyclic amines) is 1. The van der Waals surface area contributed by atoms with Crippen LogP contribution in [0.2, 0.25) is 0 Å². The summed E-state index contributed by atoms with van der Waals surface area (Å²) in [4.78, 5) is 38.6. The van der Waals surface area contributed by atoms with E-state index in [0.717, 1.165) is 12.8 Å². The molecule has 1 saturated carbocycles. The Morgan fingerprint density at radius 1 is 1.00 bits per heavy atom. The summed E-state index contributed by atoms with van der Waals surface area (Å²) in [6, 6.07) is 4.86. The standard InChI is InChI=1S/C20H25NO6/c1-25-15-5-6-16(18(11-15)26-2)17(22)12-27-20(24)14-7-9-21(10-8-14)19(23)13-3-4-13/h5-6,11,13-14H,3-4,7-10,12H2,1-2H3. The maximum absolute atomic E-state index is 12.4. The number of methoxy groups -OCH3 is 2. The number of carbonyl (C=O) groups excluding carboxylic acids is 3. The van der Waals surface area contributed by atoms with Gasteiger partial charge in [0.15, 0.2) is 6.61 Å². The summed E-state index contributed by atoms with van der Waals surface area (Å²) in [7, 11) is 3.00. The molecular formula is C20H25NO6. The molecule has 0 atom stereocenters. The number of piperidine rings is 1. The van der Waals surface area contributed by atoms with Crippen molar-refractivity contribution in [2.75, 3.05) is 33.9 Å². The van der Waals surface area contributed by atoms with Gasteiger partial charge in [0.2, 0.25) is 11.7 Å². The van der Waals surface area contributed by atoms with E-state index in [9.17, 15) is 14.4 Å². The minimum atomic E-state index is -0.380. The molecule has 7 heteroatoms. The lowest BCUT2D eigenvalue weighted by atomic mass is 9.96. The number of rotatable bonds is 7. The van der Waals surface area contributed by atoms with E-state index in [0.29, 0.717) is 43.0 Å². The van der Waals surface area contributed by atoms with Crippen LogP contribution in [0.15, 0.2) is 18.2 Å². The smallest absolute Gasteiger partial charge is 0.309 e. The maximum Gasteiger partial charge on any atom is 0.309 e. The number of hydrogen-bond donors (Lipinski definition) is 0. The predicted molar refractivity (Wildman–Crippen MR) is 96.9 cm³/mol. The van der Waals surface area contributed by atoms with Crippen LogP contribution >= 0.6 is 0 Å². The zero-order valence-corrected chi connectivity index (χ0v) is 15.7. The van der Waals surface area contributed by atoms with Crippen molar-refractivity contribution in [3.63, 3.8) is 0 Å². The highest BCUT2D eigenvalue weighted by Gasteiger charge is 2.36. The highest BCUT2D eigenvalue weighted by atomic mass is 16.5. The second-order valence-electron chi connectivity index (χ2n) is 6.97. The fourth-order valence-corrected chi connectivity index (χ4v) is 3.29. The number of nitrogens with zero attached hydrogens (tertiary/aromatic N) is 1. The van der Waals surface area contributed by atoms with Gasteiger partial charge in [0.1, 0.15) is 11.5 Å². The normalized spacial score (nSPS) is 17.3. The number of ether oxygens (including phenoxy) is 3. The molecule has 1 aliphatic carbocycles. The lowest BCUT2D eigenvalue weighted by Gasteiger charge is -2.31. The molecule has 1 amide bonds. The molecule has 146 valence electrons. The van der Waals surface area contributed by atoms with Crippen molar-refractivity contribution in [3.05, 3.63) is 23.8 Å². The molecule has 2 fully saturated rings. The van der Waals surface area contributed by atoms with Gasteiger partial charge in [-0.1, -0.05) is 0 Å². The highest BCUT2D eigenvalue weighted by Crippen LogP contribution is 2.32. The molecule has 0 N–H and O–H groups in total. The quantitative estimate of drug-likeness (QED) is 0.536. The van der Waals surface area contributed by atoms with Crippen molar-refractivity contribution in [1.82, 2.24) is 4.90 Å². The molecule has 2 aliphatic rings. The fourth-order valence-electron chi connectivity index (χ4n) is 3.29. The predicted octanol–water partition coefficient (Wildman–Crippen LogP) is 2.08. The van der Waals surface area contributed by atoms with Crippen LogP contribution in [0.1, 0.15) is 36.0 Å². The van der Waals surface area contributed by atoms with E-state index in [-0.39, 0.29) is 36.1 Å². The fraction of sp³-hybridized carbons (Fsp3) is 0.550. The molecular weight excluding hydrogens is 350 g/mol. The van der Waals surface area contributed by atoms with Gasteiger partial charge in [-0.15, -0.1) is 0 Å². The Morgan fingerprint density at radius 3 is 2.30 bits per heavy atom. The van der Waals surface area contributed by atoms with Crippen molar-refractivity contribution in [3.8, 4) is 11.5 Å². The number of ketones is 1. The molecule has 7 nitrogen and oxygen atoms in total. The highest BCUT2D eigenvalue weighted by molar-refractivity contribution is 6.00. The van der Waals surface area contributed by atoms with Crippen molar-refractivity contribution < 1.29 is 28.6 Å². The second-order valence-corrected chi connectivity index (χ2v) is 6.97. The summed E-state index contributed by atoms with van der Waals surface area (Å²) < 4.78 is 15.6. The van der Waals surface area contributed by atoms with Gasteiger partial charge in [-0.05, 0) is 37.8 Å². The number of carbonyl (C=O) groups is 3. The Kier molecular flexibility index (Phi) is 5.98. The minimum absolute atomic E-state index is 0.200. The molecule has 1 saturated heterocycles. The van der Waals surface area contributed by atoms with Gasteiger partial charge in [-0.2, -0.15) is 0 Å². The zero-order chi connectivity index (χ0) is 19.4. The van der Waals surface area contributed by atoms with Crippen molar-refractivity contribution in [1.29, 1.82) is 0 Å². The number of esters is 1. The van der Waals surface area contributed by atoms with Gasteiger partial charge in [-0.3, -0.25) is 14.4 Å². The lowest BCUT2D eigenvalue weighted by molar-refractivity contribution is -0.150. The maximum atomic E-state index is 12.4. The van der Waals surface area contributed by atoms with Crippen LogP contribution in [0.5, 0.6) is 11.5 Å². The third-order valence-electron chi connectivity index (χ3n) is 5.12. The Labute approximate surface area is 158 Å². The molecule has 27 heavy (non-hydrogen) atoms. The van der Waals surface area contributed by atoms with Crippen LogP contribution in [0, 0.1) is 11.8 Å². The van der Waals surface area contributed by atoms with Crippen LogP contribution in [-0.4, -0.2) is 56.5 Å². The van der Waals surface area contributed by atoms with Crippen molar-refractivity contribution in [2.45, 2.75) is 25.7 Å². The van der Waals surface area contributed by atoms with Crippen molar-refractivity contribution >= 4 is 17.7 Å². The molecule has 1 aromatic rings. The van der Waals surface area contributed by atoms with E-state index in [2.05, 4.69) is 0 Å². The third kappa shape index (κ3) is 4.59. The van der Waals surface area contributed by atoms with E-state index in [1.165, 1.54) is 14.2 Å². The summed E-state index contributed by atoms with van der Waals surface area (Å²) in [5.41, 5.74) is 0.343. The first-order valence-corrected chi connectivity index (χ1v) is 9.24. The van der Waals surface area contributed by atoms with E-state index >= 15 is 0 Å². The topological polar surface area (TPSA) is 82.1 Å². The van der Waals surface area contributed by atoms with Gasteiger partial charge >= 0.3 is 5.97 Å². The molecule has 0 aromatic heterocycles. The monoisotopic (exact) mass is 375 g/mol. The Morgan fingerprint density at radius 2 is 1.70 bits per heavy atom. The summed E-state index contributed by atoms with van der Waals surface area (Å²) in [6.07, 6.45) is 3.13. The van der Waals surface area contributed by atoms with Crippen molar-refractivity contribution in [2.24, 2.45) is 11.8 Å². The van der Waals surface area contributed by atoms with Gasteiger partial charge in [0.25, 0.3) is 0 Å². The Hall–Kier alpha value is -2.57. The van der Waals surface area contributed by atoms with Gasteiger partial charge in [-0.25, -0.2) is 0 Å². The summed E-state index contributed by atoms with van der Waals surface area (Å²) in [5.74, 6) is 0.391. The molecule has 0 radical (unpaired) electrons. The third-order valence-corrected chi connectivity index (χ3v) is 5.12. The summed E-state index contributed by atoms with van der Waals surface area (Å²) >= 11 is 0. The Bertz CT molecular complexity index is 719. The first-order valence-electron chi connectivity index (χ1n) is 9.24. The van der Waals surface area contributed by atoms with Gasteiger partial charge in [0, 0.05) is 25.1 Å². The second kappa shape index (κ2) is 8.41. The van der Waals surface area contributed by atoms with E-state index in [1.54, 1.807) is 18.2 Å². The molecule has 1 aliphatic heterocycles. The van der Waals surface area contributed by atoms with Crippen LogP contribution in [-0.2, 0) is 14.3 Å². The average Bonchev–Trinajstić information content (AvgIpc) is 3.56. The molecule has 1 heterocycles. The Balaban J connectivity index is 1.49. The molecule has 3 rings (SSSR count). The zero-order valence-electron chi connectivity index (χ0n) is 15.7. The first-order chi connectivity index (χ1) is 13.0. The largest absolute Gasteiger partial charge is 0.497 e. The van der Waals surface area contributed by atoms with Crippen LogP contribution in [0.4, 0.5) is 0 Å². The van der Waals surface area contributed by atoms with Crippen LogP contribution in [0.25, 0.3) is 0 Å². The number of Topliss-reactive ketones (excluding diaryl/α,β-unsaturated/α-hetero) is 1. The molecule has 0 unspecified atom stereocenters. The summed E-state index contributed by atoms with van der Waals surface area (Å²) in [5, 5.41) is 0. The SMILES string of the molecule is COc1ccc(C(=O)COC(=O)C2CCN(C(=O)C3CC3)CC2)c(OC)c1. The van der Waals surface area contributed by atoms with E-state index in [1.807, 2.05) is 4.90 Å². The number of benzene rings is 1. The van der Waals surface area contributed by atoms with Gasteiger partial charge < -0.3 is 19.1 Å². The summed E-state index contributed by atoms with van der Waals surface area (Å²) in [6.45, 7) is 0.827.